The standard InChI is InChI=1S/C18H24N2O3/c1-13-11-16(23-19-13)12-20-10-4-5-17(20)18(2,21)14-6-8-15(22-3)9-7-14/h6-9,11,17,21H,4-5,10,12H2,1-3H3/t17-,18+/m0/s1. The average Bonchev–Trinajstić information content (AvgIpc) is 3.17. The smallest absolute Gasteiger partial charge is 0.150 e. The van der Waals surface area contributed by atoms with E-state index in [4.69, 9.17) is 9.26 Å². The van der Waals surface area contributed by atoms with Gasteiger partial charge in [0.05, 0.1) is 19.3 Å². The van der Waals surface area contributed by atoms with E-state index in [9.17, 15) is 5.11 Å². The summed E-state index contributed by atoms with van der Waals surface area (Å²) in [5.74, 6) is 1.64. The molecule has 0 amide bonds. The molecule has 3 rings (SSSR count). The molecule has 1 aromatic carbocycles. The lowest BCUT2D eigenvalue weighted by atomic mass is 9.86. The minimum absolute atomic E-state index is 0.0568. The molecule has 1 saturated heterocycles. The first-order chi connectivity index (χ1) is 11.0. The van der Waals surface area contributed by atoms with Crippen LogP contribution in [0.3, 0.4) is 0 Å². The fourth-order valence-electron chi connectivity index (χ4n) is 3.46. The maximum Gasteiger partial charge on any atom is 0.150 e. The monoisotopic (exact) mass is 316 g/mol. The Hall–Kier alpha value is -1.85. The molecule has 1 aliphatic rings. The summed E-state index contributed by atoms with van der Waals surface area (Å²) in [7, 11) is 1.64. The van der Waals surface area contributed by atoms with Crippen molar-refractivity contribution in [1.82, 2.24) is 10.1 Å². The molecular weight excluding hydrogens is 292 g/mol. The van der Waals surface area contributed by atoms with Crippen LogP contribution in [0.1, 0.15) is 36.8 Å². The molecule has 124 valence electrons. The third kappa shape index (κ3) is 3.26. The summed E-state index contributed by atoms with van der Waals surface area (Å²) in [6, 6.07) is 9.67. The van der Waals surface area contributed by atoms with Crippen LogP contribution in [0.15, 0.2) is 34.9 Å². The van der Waals surface area contributed by atoms with Crippen molar-refractivity contribution in [2.24, 2.45) is 0 Å². The predicted octanol–water partition coefficient (Wildman–Crippen LogP) is 2.86. The molecule has 0 radical (unpaired) electrons. The van der Waals surface area contributed by atoms with Crippen molar-refractivity contribution in [3.05, 3.63) is 47.3 Å². The zero-order chi connectivity index (χ0) is 16.4. The third-order valence-corrected chi connectivity index (χ3v) is 4.72. The van der Waals surface area contributed by atoms with E-state index in [1.54, 1.807) is 7.11 Å². The molecule has 1 aliphatic heterocycles. The zero-order valence-corrected chi connectivity index (χ0v) is 14.0. The summed E-state index contributed by atoms with van der Waals surface area (Å²) in [6.07, 6.45) is 2.04. The molecule has 1 aromatic heterocycles. The number of aliphatic hydroxyl groups is 1. The molecule has 2 atom stereocenters. The number of hydrogen-bond acceptors (Lipinski definition) is 5. The Morgan fingerprint density at radius 3 is 2.74 bits per heavy atom. The normalized spacial score (nSPS) is 21.3. The maximum atomic E-state index is 11.2. The molecule has 0 aliphatic carbocycles. The Labute approximate surface area is 136 Å². The van der Waals surface area contributed by atoms with E-state index in [0.717, 1.165) is 42.2 Å². The molecule has 0 saturated carbocycles. The highest BCUT2D eigenvalue weighted by Gasteiger charge is 2.40. The van der Waals surface area contributed by atoms with Crippen molar-refractivity contribution in [3.63, 3.8) is 0 Å². The van der Waals surface area contributed by atoms with Gasteiger partial charge in [-0.05, 0) is 50.9 Å². The van der Waals surface area contributed by atoms with Crippen LogP contribution in [0, 0.1) is 6.92 Å². The molecule has 23 heavy (non-hydrogen) atoms. The van der Waals surface area contributed by atoms with Gasteiger partial charge in [-0.2, -0.15) is 0 Å². The molecule has 0 spiro atoms. The van der Waals surface area contributed by atoms with Gasteiger partial charge in [-0.15, -0.1) is 0 Å². The molecule has 0 bridgehead atoms. The average molecular weight is 316 g/mol. The number of likely N-dealkylation sites (tertiary alicyclic amines) is 1. The summed E-state index contributed by atoms with van der Waals surface area (Å²) in [5.41, 5.74) is 0.874. The molecule has 2 heterocycles. The number of benzene rings is 1. The fraction of sp³-hybridized carbons (Fsp3) is 0.500. The van der Waals surface area contributed by atoms with Crippen LogP contribution in [0.5, 0.6) is 5.75 Å². The highest BCUT2D eigenvalue weighted by molar-refractivity contribution is 5.31. The van der Waals surface area contributed by atoms with Crippen molar-refractivity contribution in [1.29, 1.82) is 0 Å². The second kappa shape index (κ2) is 6.34. The Morgan fingerprint density at radius 2 is 2.13 bits per heavy atom. The molecule has 1 fully saturated rings. The fourth-order valence-corrected chi connectivity index (χ4v) is 3.46. The van der Waals surface area contributed by atoms with Crippen LogP contribution in [0.4, 0.5) is 0 Å². The molecular formula is C18H24N2O3. The Morgan fingerprint density at radius 1 is 1.39 bits per heavy atom. The number of nitrogens with zero attached hydrogens (tertiary/aromatic N) is 2. The first kappa shape index (κ1) is 16.0. The minimum atomic E-state index is -0.919. The van der Waals surface area contributed by atoms with Gasteiger partial charge in [-0.25, -0.2) is 0 Å². The topological polar surface area (TPSA) is 58.7 Å². The lowest BCUT2D eigenvalue weighted by Gasteiger charge is -2.36. The first-order valence-electron chi connectivity index (χ1n) is 8.04. The predicted molar refractivity (Wildman–Crippen MR) is 87.2 cm³/mol. The number of methoxy groups -OCH3 is 1. The van der Waals surface area contributed by atoms with E-state index in [2.05, 4.69) is 10.1 Å². The quantitative estimate of drug-likeness (QED) is 0.919. The Kier molecular flexibility index (Phi) is 4.41. The molecule has 5 nitrogen and oxygen atoms in total. The SMILES string of the molecule is COc1ccc([C@@](C)(O)[C@@H]2CCCN2Cc2cc(C)no2)cc1. The van der Waals surface area contributed by atoms with Crippen molar-refractivity contribution < 1.29 is 14.4 Å². The summed E-state index contributed by atoms with van der Waals surface area (Å²) in [4.78, 5) is 2.28. The lowest BCUT2D eigenvalue weighted by molar-refractivity contribution is -0.0274. The van der Waals surface area contributed by atoms with Crippen molar-refractivity contribution in [3.8, 4) is 5.75 Å². The summed E-state index contributed by atoms with van der Waals surface area (Å²) in [6.45, 7) is 5.44. The van der Waals surface area contributed by atoms with E-state index >= 15 is 0 Å². The molecule has 5 heteroatoms. The Balaban J connectivity index is 1.79. The summed E-state index contributed by atoms with van der Waals surface area (Å²) >= 11 is 0. The Bertz CT molecular complexity index is 649. The second-order valence-corrected chi connectivity index (χ2v) is 6.44. The third-order valence-electron chi connectivity index (χ3n) is 4.72. The van der Waals surface area contributed by atoms with Gasteiger partial charge in [0, 0.05) is 12.1 Å². The number of hydrogen-bond donors (Lipinski definition) is 1. The number of aryl methyl sites for hydroxylation is 1. The van der Waals surface area contributed by atoms with Gasteiger partial charge in [0.25, 0.3) is 0 Å². The van der Waals surface area contributed by atoms with Crippen molar-refractivity contribution in [2.75, 3.05) is 13.7 Å². The van der Waals surface area contributed by atoms with Crippen LogP contribution in [0.25, 0.3) is 0 Å². The van der Waals surface area contributed by atoms with Gasteiger partial charge in [0.1, 0.15) is 11.4 Å². The van der Waals surface area contributed by atoms with Gasteiger partial charge in [0.15, 0.2) is 5.76 Å². The van der Waals surface area contributed by atoms with Gasteiger partial charge < -0.3 is 14.4 Å². The number of ether oxygens (including phenoxy) is 1. The van der Waals surface area contributed by atoms with E-state index in [1.165, 1.54) is 0 Å². The van der Waals surface area contributed by atoms with E-state index in [0.29, 0.717) is 6.54 Å². The molecule has 2 aromatic rings. The van der Waals surface area contributed by atoms with E-state index < -0.39 is 5.60 Å². The van der Waals surface area contributed by atoms with E-state index in [-0.39, 0.29) is 6.04 Å². The largest absolute Gasteiger partial charge is 0.497 e. The maximum absolute atomic E-state index is 11.2. The van der Waals surface area contributed by atoms with Crippen molar-refractivity contribution in [2.45, 2.75) is 44.9 Å². The number of aromatic nitrogens is 1. The van der Waals surface area contributed by atoms with E-state index in [1.807, 2.05) is 44.2 Å². The van der Waals surface area contributed by atoms with Crippen LogP contribution in [0.2, 0.25) is 0 Å². The molecule has 0 unspecified atom stereocenters. The van der Waals surface area contributed by atoms with Gasteiger partial charge in [0.2, 0.25) is 0 Å². The highest BCUT2D eigenvalue weighted by Crippen LogP contribution is 2.36. The minimum Gasteiger partial charge on any atom is -0.497 e. The molecule has 1 N–H and O–H groups in total. The van der Waals surface area contributed by atoms with Crippen LogP contribution in [-0.4, -0.2) is 34.9 Å². The number of rotatable bonds is 5. The van der Waals surface area contributed by atoms with Crippen LogP contribution >= 0.6 is 0 Å². The lowest BCUT2D eigenvalue weighted by Crippen LogP contribution is -2.45. The summed E-state index contributed by atoms with van der Waals surface area (Å²) in [5, 5.41) is 15.1. The van der Waals surface area contributed by atoms with Gasteiger partial charge in [-0.1, -0.05) is 17.3 Å². The zero-order valence-electron chi connectivity index (χ0n) is 14.0. The van der Waals surface area contributed by atoms with Gasteiger partial charge >= 0.3 is 0 Å². The second-order valence-electron chi connectivity index (χ2n) is 6.44. The van der Waals surface area contributed by atoms with Crippen LogP contribution < -0.4 is 4.74 Å². The van der Waals surface area contributed by atoms with Crippen molar-refractivity contribution >= 4 is 0 Å². The van der Waals surface area contributed by atoms with Gasteiger partial charge in [-0.3, -0.25) is 4.90 Å². The summed E-state index contributed by atoms with van der Waals surface area (Å²) < 4.78 is 10.5. The van der Waals surface area contributed by atoms with Crippen LogP contribution in [-0.2, 0) is 12.1 Å². The highest BCUT2D eigenvalue weighted by atomic mass is 16.5. The first-order valence-corrected chi connectivity index (χ1v) is 8.04.